The Balaban J connectivity index is 0.00000441. The molecule has 0 saturated heterocycles. The van der Waals surface area contributed by atoms with Crippen LogP contribution in [0, 0.1) is 18.5 Å². The van der Waals surface area contributed by atoms with Crippen molar-refractivity contribution >= 4 is 32.8 Å². The number of aromatic nitrogens is 5. The summed E-state index contributed by atoms with van der Waals surface area (Å²) in [5, 5.41) is 2.22. The summed E-state index contributed by atoms with van der Waals surface area (Å²) in [5.41, 5.74) is 9.94. The second-order valence-corrected chi connectivity index (χ2v) is 16.0. The molecule has 9 rings (SSSR count). The Morgan fingerprint density at radius 1 is 0.625 bits per heavy atom. The smallest absolute Gasteiger partial charge is 0.268 e. The zero-order valence-electron chi connectivity index (χ0n) is 32.2. The Bertz CT molecular complexity index is 2880. The van der Waals surface area contributed by atoms with Gasteiger partial charge in [0, 0.05) is 50.5 Å². The predicted molar refractivity (Wildman–Crippen MR) is 221 cm³/mol. The van der Waals surface area contributed by atoms with E-state index >= 15 is 0 Å². The van der Waals surface area contributed by atoms with Gasteiger partial charge in [-0.2, -0.15) is 18.2 Å². The molecular weight excluding hydrogens is 870 g/mol. The average molecular weight is 911 g/mol. The molecule has 0 aliphatic carbocycles. The molecule has 0 aliphatic heterocycles. The third kappa shape index (κ3) is 6.62. The van der Waals surface area contributed by atoms with Crippen LogP contribution >= 0.6 is 0 Å². The minimum atomic E-state index is -0.152. The first-order valence-electron chi connectivity index (χ1n) is 18.7. The fourth-order valence-electron chi connectivity index (χ4n) is 7.42. The first-order valence-corrected chi connectivity index (χ1v) is 18.7. The Hall–Kier alpha value is -5.84. The minimum absolute atomic E-state index is 0. The van der Waals surface area contributed by atoms with E-state index in [-0.39, 0.29) is 31.9 Å². The Labute approximate surface area is 342 Å². The first kappa shape index (κ1) is 37.1. The summed E-state index contributed by atoms with van der Waals surface area (Å²) in [6, 6.07) is 50.7. The Morgan fingerprint density at radius 3 is 2.12 bits per heavy atom. The zero-order valence-corrected chi connectivity index (χ0v) is 34.5. The van der Waals surface area contributed by atoms with Crippen molar-refractivity contribution in [2.45, 2.75) is 52.4 Å². The normalized spacial score (nSPS) is 12.0. The van der Waals surface area contributed by atoms with Crippen molar-refractivity contribution in [1.82, 2.24) is 19.1 Å². The molecule has 5 aromatic carbocycles. The van der Waals surface area contributed by atoms with Gasteiger partial charge in [0.05, 0.1) is 22.4 Å². The molecule has 0 N–H and O–H groups in total. The molecule has 0 saturated carbocycles. The summed E-state index contributed by atoms with van der Waals surface area (Å²) in [7, 11) is 0. The summed E-state index contributed by atoms with van der Waals surface area (Å²) in [6.45, 7) is 13.4. The van der Waals surface area contributed by atoms with Crippen LogP contribution in [-0.2, 0) is 31.9 Å². The molecule has 56 heavy (non-hydrogen) atoms. The largest absolute Gasteiger partial charge is 0.510 e. The van der Waals surface area contributed by atoms with E-state index < -0.39 is 0 Å². The van der Waals surface area contributed by atoms with Crippen LogP contribution in [0.15, 0.2) is 140 Å². The van der Waals surface area contributed by atoms with Gasteiger partial charge in [0.25, 0.3) is 6.33 Å². The number of hydrogen-bond acceptors (Lipinski definition) is 3. The van der Waals surface area contributed by atoms with Crippen LogP contribution < -0.4 is 9.30 Å². The summed E-state index contributed by atoms with van der Waals surface area (Å²) in [6.07, 6.45) is 7.51. The number of benzene rings is 5. The molecule has 0 fully saturated rings. The molecule has 0 bridgehead atoms. The first-order chi connectivity index (χ1) is 26.5. The number of ether oxygens (including phenoxy) is 1. The molecule has 0 spiro atoms. The van der Waals surface area contributed by atoms with E-state index in [4.69, 9.17) is 14.7 Å². The molecule has 280 valence electrons. The second-order valence-electron chi connectivity index (χ2n) is 16.0. The van der Waals surface area contributed by atoms with Crippen LogP contribution in [0.3, 0.4) is 0 Å². The van der Waals surface area contributed by atoms with E-state index in [1.807, 2.05) is 42.7 Å². The van der Waals surface area contributed by atoms with Crippen LogP contribution in [0.5, 0.6) is 11.5 Å². The molecule has 7 heteroatoms. The van der Waals surface area contributed by atoms with Crippen molar-refractivity contribution in [3.8, 4) is 39.9 Å². The van der Waals surface area contributed by atoms with Crippen molar-refractivity contribution in [1.29, 1.82) is 0 Å². The van der Waals surface area contributed by atoms with Gasteiger partial charge in [-0.3, -0.25) is 9.55 Å². The van der Waals surface area contributed by atoms with Crippen LogP contribution in [0.25, 0.3) is 61.3 Å². The van der Waals surface area contributed by atoms with Gasteiger partial charge < -0.3 is 13.9 Å². The van der Waals surface area contributed by atoms with Gasteiger partial charge in [-0.25, -0.2) is 4.98 Å². The van der Waals surface area contributed by atoms with E-state index in [0.29, 0.717) is 11.5 Å². The number of fused-ring (bicyclic) bond motifs is 4. The number of para-hydroxylation sites is 3. The average Bonchev–Trinajstić information content (AvgIpc) is 3.73. The fraction of sp³-hybridized carbons (Fsp3) is 0.163. The third-order valence-electron chi connectivity index (χ3n) is 10.2. The zero-order chi connectivity index (χ0) is 37.9. The maximum Gasteiger partial charge on any atom is 0.268 e. The molecule has 9 aromatic rings. The topological polar surface area (TPSA) is 48.8 Å². The van der Waals surface area contributed by atoms with Crippen molar-refractivity contribution in [3.05, 3.63) is 169 Å². The van der Waals surface area contributed by atoms with Gasteiger partial charge in [0.2, 0.25) is 0 Å². The summed E-state index contributed by atoms with van der Waals surface area (Å²) >= 11 is 0. The van der Waals surface area contributed by atoms with E-state index in [2.05, 4.69) is 171 Å². The number of nitrogens with zero attached hydrogens (tertiary/aromatic N) is 5. The molecular formula is C49H41N5OPt-2. The Morgan fingerprint density at radius 2 is 1.34 bits per heavy atom. The van der Waals surface area contributed by atoms with Crippen molar-refractivity contribution < 1.29 is 30.4 Å². The summed E-state index contributed by atoms with van der Waals surface area (Å²) < 4.78 is 12.9. The fourth-order valence-corrected chi connectivity index (χ4v) is 7.42. The monoisotopic (exact) mass is 910 g/mol. The number of pyridine rings is 2. The number of imidazole rings is 1. The van der Waals surface area contributed by atoms with E-state index in [9.17, 15) is 0 Å². The van der Waals surface area contributed by atoms with Gasteiger partial charge in [-0.15, -0.1) is 29.7 Å². The molecule has 0 amide bonds. The summed E-state index contributed by atoms with van der Waals surface area (Å²) in [4.78, 5) is 9.77. The van der Waals surface area contributed by atoms with Crippen LogP contribution in [0.2, 0.25) is 0 Å². The van der Waals surface area contributed by atoms with E-state index in [0.717, 1.165) is 61.3 Å². The van der Waals surface area contributed by atoms with Crippen LogP contribution in [0.1, 0.15) is 52.7 Å². The second kappa shape index (κ2) is 14.3. The third-order valence-corrected chi connectivity index (χ3v) is 10.2. The van der Waals surface area contributed by atoms with Crippen LogP contribution in [-0.4, -0.2) is 19.1 Å². The molecule has 0 atom stereocenters. The maximum absolute atomic E-state index is 6.57. The number of rotatable bonds is 6. The van der Waals surface area contributed by atoms with Gasteiger partial charge in [0.1, 0.15) is 5.82 Å². The Kier molecular flexibility index (Phi) is 9.50. The predicted octanol–water partition coefficient (Wildman–Crippen LogP) is 11.2. The van der Waals surface area contributed by atoms with Crippen molar-refractivity contribution in [2.24, 2.45) is 0 Å². The van der Waals surface area contributed by atoms with E-state index in [1.165, 1.54) is 11.1 Å². The van der Waals surface area contributed by atoms with Crippen molar-refractivity contribution in [3.63, 3.8) is 0 Å². The standard InChI is InChI=1S/C49H41N5O.Pt/c1-48(2,3)34-25-27-50-45(29-34)54-41-20-11-10-19-38(41)39-24-23-37(31-44(39)54)55-36-18-14-17-35(30-36)52-32-53(43-22-13-12-21-42(43)52)47-40(49(4,5)6)26-28-51-46(47)33-15-8-7-9-16-33;/h7-29H,1-6H3;/q-2;. The SMILES string of the molecule is CC(C)(C)c1ccnc(-n2c3[c-]c(Oc4[c-]c(-n5[c-][n+](-c6c(C(C)(C)C)ccnc6-c6ccccc6)c6ccccc65)ccc4)ccc3c3ccccc32)c1.[Pt]. The van der Waals surface area contributed by atoms with Crippen molar-refractivity contribution in [2.75, 3.05) is 0 Å². The van der Waals surface area contributed by atoms with Gasteiger partial charge in [-0.1, -0.05) is 120 Å². The maximum atomic E-state index is 6.57. The molecule has 0 radical (unpaired) electrons. The van der Waals surface area contributed by atoms with E-state index in [1.54, 1.807) is 0 Å². The quantitative estimate of drug-likeness (QED) is 0.123. The molecule has 4 heterocycles. The van der Waals surface area contributed by atoms with Gasteiger partial charge in [-0.05, 0) is 62.9 Å². The van der Waals surface area contributed by atoms with Gasteiger partial charge >= 0.3 is 0 Å². The molecule has 0 unspecified atom stereocenters. The molecule has 6 nitrogen and oxygen atoms in total. The summed E-state index contributed by atoms with van der Waals surface area (Å²) in [5.74, 6) is 2.01. The van der Waals surface area contributed by atoms with Crippen LogP contribution in [0.4, 0.5) is 0 Å². The molecule has 4 aromatic heterocycles. The molecule has 0 aliphatic rings. The minimum Gasteiger partial charge on any atom is -0.510 e. The number of hydrogen-bond donors (Lipinski definition) is 0. The van der Waals surface area contributed by atoms with Gasteiger partial charge in [0.15, 0.2) is 0 Å².